The van der Waals surface area contributed by atoms with Gasteiger partial charge in [0.2, 0.25) is 0 Å². The normalized spacial score (nSPS) is 20.6. The number of amides is 1. The molecular formula is C14H15N3O2. The Bertz CT molecular complexity index is 560. The van der Waals surface area contributed by atoms with E-state index in [1.807, 2.05) is 12.1 Å². The Morgan fingerprint density at radius 2 is 2.26 bits per heavy atom. The van der Waals surface area contributed by atoms with E-state index in [9.17, 15) is 9.90 Å². The van der Waals surface area contributed by atoms with Gasteiger partial charge in [-0.15, -0.1) is 0 Å². The molecule has 1 fully saturated rings. The average Bonchev–Trinajstić information content (AvgIpc) is 3.19. The van der Waals surface area contributed by atoms with Gasteiger partial charge in [0, 0.05) is 29.5 Å². The Kier molecular flexibility index (Phi) is 2.88. The molecule has 2 aliphatic rings. The lowest BCUT2D eigenvalue weighted by Gasteiger charge is -2.24. The number of carbonyl (C=O) groups excluding carboxylic acids is 1. The summed E-state index contributed by atoms with van der Waals surface area (Å²) in [7, 11) is 0. The van der Waals surface area contributed by atoms with E-state index in [2.05, 4.69) is 16.3 Å². The molecule has 0 saturated heterocycles. The molecule has 5 nitrogen and oxygen atoms in total. The van der Waals surface area contributed by atoms with Crippen LogP contribution in [0.3, 0.4) is 0 Å². The van der Waals surface area contributed by atoms with Crippen LogP contribution in [-0.2, 0) is 4.79 Å². The summed E-state index contributed by atoms with van der Waals surface area (Å²) in [5, 5.41) is 21.1. The van der Waals surface area contributed by atoms with E-state index in [1.54, 1.807) is 6.07 Å². The molecule has 19 heavy (non-hydrogen) atoms. The van der Waals surface area contributed by atoms with E-state index < -0.39 is 6.10 Å². The molecule has 1 amide bonds. The van der Waals surface area contributed by atoms with Gasteiger partial charge in [-0.1, -0.05) is 6.07 Å². The van der Waals surface area contributed by atoms with Gasteiger partial charge < -0.3 is 15.3 Å². The number of nitrogens with zero attached hydrogens (tertiary/aromatic N) is 2. The molecule has 1 saturated carbocycles. The third kappa shape index (κ3) is 2.15. The van der Waals surface area contributed by atoms with E-state index in [4.69, 9.17) is 5.26 Å². The zero-order valence-electron chi connectivity index (χ0n) is 10.5. The van der Waals surface area contributed by atoms with Crippen molar-refractivity contribution in [3.05, 3.63) is 23.8 Å². The van der Waals surface area contributed by atoms with E-state index in [0.29, 0.717) is 30.3 Å². The molecule has 5 heteroatoms. The van der Waals surface area contributed by atoms with E-state index in [-0.39, 0.29) is 5.91 Å². The maximum Gasteiger partial charge on any atom is 0.257 e. The number of nitriles is 1. The second-order valence-electron chi connectivity index (χ2n) is 5.00. The molecule has 1 unspecified atom stereocenters. The summed E-state index contributed by atoms with van der Waals surface area (Å²) in [5.74, 6) is -0.373. The molecule has 0 aromatic heterocycles. The number of aliphatic hydroxyl groups is 1. The monoisotopic (exact) mass is 257 g/mol. The predicted molar refractivity (Wildman–Crippen MR) is 70.6 cm³/mol. The maximum atomic E-state index is 11.4. The van der Waals surface area contributed by atoms with Gasteiger partial charge in [0.1, 0.15) is 0 Å². The molecule has 98 valence electrons. The number of hydrogen-bond acceptors (Lipinski definition) is 4. The van der Waals surface area contributed by atoms with Crippen LogP contribution in [0, 0.1) is 11.3 Å². The maximum absolute atomic E-state index is 11.4. The van der Waals surface area contributed by atoms with Crippen LogP contribution in [0.1, 0.15) is 30.9 Å². The van der Waals surface area contributed by atoms with Gasteiger partial charge in [-0.2, -0.15) is 5.26 Å². The second kappa shape index (κ2) is 4.56. The number of aliphatic hydroxyl groups excluding tert-OH is 1. The van der Waals surface area contributed by atoms with E-state index >= 15 is 0 Å². The van der Waals surface area contributed by atoms with Crippen LogP contribution in [0.2, 0.25) is 0 Å². The molecule has 2 N–H and O–H groups in total. The highest BCUT2D eigenvalue weighted by Gasteiger charge is 2.32. The highest BCUT2D eigenvalue weighted by molar-refractivity contribution is 6.02. The number of benzene rings is 1. The van der Waals surface area contributed by atoms with Crippen LogP contribution >= 0.6 is 0 Å². The zero-order chi connectivity index (χ0) is 13.4. The van der Waals surface area contributed by atoms with Crippen LogP contribution in [0.5, 0.6) is 0 Å². The molecule has 3 rings (SSSR count). The molecule has 0 spiro atoms. The van der Waals surface area contributed by atoms with Gasteiger partial charge in [0.15, 0.2) is 6.10 Å². The summed E-state index contributed by atoms with van der Waals surface area (Å²) in [6.07, 6.45) is 1.73. The Balaban J connectivity index is 1.87. The summed E-state index contributed by atoms with van der Waals surface area (Å²) in [5.41, 5.74) is 2.31. The molecule has 1 aromatic carbocycles. The van der Waals surface area contributed by atoms with Crippen molar-refractivity contribution in [2.24, 2.45) is 0 Å². The molecule has 0 radical (unpaired) electrons. The molecule has 1 aliphatic carbocycles. The summed E-state index contributed by atoms with van der Waals surface area (Å²) < 4.78 is 0. The number of anilines is 2. The van der Waals surface area contributed by atoms with Crippen molar-refractivity contribution in [1.82, 2.24) is 0 Å². The summed E-state index contributed by atoms with van der Waals surface area (Å²) >= 11 is 0. The van der Waals surface area contributed by atoms with Gasteiger partial charge in [-0.3, -0.25) is 4.79 Å². The number of carbonyl (C=O) groups is 1. The largest absolute Gasteiger partial charge is 0.378 e. The number of nitrogens with one attached hydrogen (secondary N) is 1. The van der Waals surface area contributed by atoms with Gasteiger partial charge in [0.25, 0.3) is 5.91 Å². The van der Waals surface area contributed by atoms with Crippen molar-refractivity contribution < 1.29 is 9.90 Å². The molecule has 1 atom stereocenters. The fourth-order valence-electron chi connectivity index (χ4n) is 2.49. The number of hydrogen-bond donors (Lipinski definition) is 2. The van der Waals surface area contributed by atoms with Crippen molar-refractivity contribution in [2.75, 3.05) is 16.8 Å². The van der Waals surface area contributed by atoms with Crippen molar-refractivity contribution in [1.29, 1.82) is 5.26 Å². The highest BCUT2D eigenvalue weighted by Crippen LogP contribution is 2.37. The number of rotatable bonds is 4. The Morgan fingerprint density at radius 1 is 1.47 bits per heavy atom. The van der Waals surface area contributed by atoms with Crippen molar-refractivity contribution in [3.8, 4) is 6.07 Å². The van der Waals surface area contributed by atoms with E-state index in [1.165, 1.54) is 0 Å². The molecule has 1 heterocycles. The lowest BCUT2D eigenvalue weighted by Crippen LogP contribution is -2.26. The minimum absolute atomic E-state index is 0.373. The van der Waals surface area contributed by atoms with Crippen LogP contribution in [0.4, 0.5) is 11.4 Å². The molecule has 1 aliphatic heterocycles. The van der Waals surface area contributed by atoms with Crippen LogP contribution in [-0.4, -0.2) is 23.6 Å². The van der Waals surface area contributed by atoms with E-state index in [0.717, 1.165) is 18.5 Å². The lowest BCUT2D eigenvalue weighted by molar-refractivity contribution is -0.123. The topological polar surface area (TPSA) is 76.4 Å². The molecule has 1 aromatic rings. The van der Waals surface area contributed by atoms with Crippen LogP contribution in [0.15, 0.2) is 18.2 Å². The molecular weight excluding hydrogens is 242 g/mol. The first-order chi connectivity index (χ1) is 9.20. The van der Waals surface area contributed by atoms with Crippen molar-refractivity contribution in [2.45, 2.75) is 31.4 Å². The molecule has 0 bridgehead atoms. The SMILES string of the molecule is N#CCCN(c1ccc2c(c1)NC(=O)C2O)C1CC1. The lowest BCUT2D eigenvalue weighted by atomic mass is 10.1. The minimum Gasteiger partial charge on any atom is -0.378 e. The fraction of sp³-hybridized carbons (Fsp3) is 0.429. The standard InChI is InChI=1S/C14H15N3O2/c15-6-1-7-17(9-2-3-9)10-4-5-11-12(8-10)16-14(19)13(11)18/h4-5,8-9,13,18H,1-3,7H2,(H,16,19). The third-order valence-electron chi connectivity index (χ3n) is 3.62. The van der Waals surface area contributed by atoms with Crippen LogP contribution < -0.4 is 10.2 Å². The highest BCUT2D eigenvalue weighted by atomic mass is 16.3. The first-order valence-electron chi connectivity index (χ1n) is 6.47. The Labute approximate surface area is 111 Å². The summed E-state index contributed by atoms with van der Waals surface area (Å²) in [6.45, 7) is 0.705. The van der Waals surface area contributed by atoms with Gasteiger partial charge in [-0.25, -0.2) is 0 Å². The zero-order valence-corrected chi connectivity index (χ0v) is 10.5. The summed E-state index contributed by atoms with van der Waals surface area (Å²) in [6, 6.07) is 8.26. The summed E-state index contributed by atoms with van der Waals surface area (Å²) in [4.78, 5) is 13.6. The second-order valence-corrected chi connectivity index (χ2v) is 5.00. The van der Waals surface area contributed by atoms with Gasteiger partial charge >= 0.3 is 0 Å². The number of fused-ring (bicyclic) bond motifs is 1. The average molecular weight is 257 g/mol. The Hall–Kier alpha value is -2.06. The quantitative estimate of drug-likeness (QED) is 0.858. The predicted octanol–water partition coefficient (Wildman–Crippen LogP) is 1.55. The van der Waals surface area contributed by atoms with Gasteiger partial charge in [-0.05, 0) is 25.0 Å². The third-order valence-corrected chi connectivity index (χ3v) is 3.62. The Morgan fingerprint density at radius 3 is 2.95 bits per heavy atom. The smallest absolute Gasteiger partial charge is 0.257 e. The fourth-order valence-corrected chi connectivity index (χ4v) is 2.49. The van der Waals surface area contributed by atoms with Crippen molar-refractivity contribution >= 4 is 17.3 Å². The van der Waals surface area contributed by atoms with Crippen molar-refractivity contribution in [3.63, 3.8) is 0 Å². The minimum atomic E-state index is -1.06. The van der Waals surface area contributed by atoms with Crippen LogP contribution in [0.25, 0.3) is 0 Å². The first kappa shape index (κ1) is 12.0. The first-order valence-corrected chi connectivity index (χ1v) is 6.47. The van der Waals surface area contributed by atoms with Gasteiger partial charge in [0.05, 0.1) is 12.5 Å².